The van der Waals surface area contributed by atoms with Gasteiger partial charge in [-0.1, -0.05) is 66.7 Å². The number of nitrogens with one attached hydrogen (secondary N) is 2. The van der Waals surface area contributed by atoms with E-state index in [0.717, 1.165) is 22.3 Å². The van der Waals surface area contributed by atoms with Crippen LogP contribution < -0.4 is 10.6 Å². The van der Waals surface area contributed by atoms with Crippen LogP contribution in [0.15, 0.2) is 78.9 Å². The SMILES string of the molecule is CN1C(=O)NC(=O)[C@@]12Cc1ccc(NC(=O)CN(Cc3ccccc3)C(=O)C(C)(C)COCc3ccccc3)cc1C2. The first kappa shape index (κ1) is 29.0. The summed E-state index contributed by atoms with van der Waals surface area (Å²) >= 11 is 0. The Morgan fingerprint density at radius 2 is 1.60 bits per heavy atom. The summed E-state index contributed by atoms with van der Waals surface area (Å²) in [6, 6.07) is 24.4. The lowest BCUT2D eigenvalue weighted by Gasteiger charge is -2.31. The Morgan fingerprint density at radius 1 is 0.952 bits per heavy atom. The summed E-state index contributed by atoms with van der Waals surface area (Å²) in [5.41, 5.74) is 2.57. The summed E-state index contributed by atoms with van der Waals surface area (Å²) in [4.78, 5) is 54.8. The highest BCUT2D eigenvalue weighted by atomic mass is 16.5. The van der Waals surface area contributed by atoms with Gasteiger partial charge in [0.1, 0.15) is 12.1 Å². The lowest BCUT2D eigenvalue weighted by atomic mass is 9.92. The Labute approximate surface area is 245 Å². The Bertz CT molecular complexity index is 1490. The zero-order valence-electron chi connectivity index (χ0n) is 24.2. The molecule has 0 bridgehead atoms. The highest BCUT2D eigenvalue weighted by Crippen LogP contribution is 2.38. The maximum atomic E-state index is 13.8. The third kappa shape index (κ3) is 6.06. The minimum absolute atomic E-state index is 0.142. The van der Waals surface area contributed by atoms with E-state index >= 15 is 0 Å². The minimum atomic E-state index is -0.935. The fourth-order valence-electron chi connectivity index (χ4n) is 5.64. The van der Waals surface area contributed by atoms with Gasteiger partial charge in [-0.3, -0.25) is 19.7 Å². The Morgan fingerprint density at radius 3 is 2.24 bits per heavy atom. The fourth-order valence-corrected chi connectivity index (χ4v) is 5.64. The number of carbonyl (C=O) groups is 4. The third-order valence-electron chi connectivity index (χ3n) is 8.04. The second kappa shape index (κ2) is 11.8. The van der Waals surface area contributed by atoms with E-state index in [4.69, 9.17) is 4.74 Å². The highest BCUT2D eigenvalue weighted by molar-refractivity contribution is 6.07. The van der Waals surface area contributed by atoms with Crippen LogP contribution in [0, 0.1) is 5.41 Å². The van der Waals surface area contributed by atoms with E-state index in [-0.39, 0.29) is 37.4 Å². The number of likely N-dealkylation sites (N-methyl/N-ethyl adjacent to an activating group) is 1. The summed E-state index contributed by atoms with van der Waals surface area (Å²) in [6.07, 6.45) is 0.793. The molecule has 42 heavy (non-hydrogen) atoms. The van der Waals surface area contributed by atoms with Gasteiger partial charge in [0, 0.05) is 32.1 Å². The van der Waals surface area contributed by atoms with Gasteiger partial charge in [-0.15, -0.1) is 0 Å². The molecule has 9 nitrogen and oxygen atoms in total. The van der Waals surface area contributed by atoms with Gasteiger partial charge >= 0.3 is 6.03 Å². The number of benzene rings is 3. The Kier molecular flexibility index (Phi) is 8.13. The van der Waals surface area contributed by atoms with Crippen LogP contribution >= 0.6 is 0 Å². The van der Waals surface area contributed by atoms with Crippen LogP contribution in [0.4, 0.5) is 10.5 Å². The third-order valence-corrected chi connectivity index (χ3v) is 8.04. The molecule has 5 amide bonds. The van der Waals surface area contributed by atoms with Gasteiger partial charge in [0.2, 0.25) is 11.8 Å². The van der Waals surface area contributed by atoms with Crippen molar-refractivity contribution in [3.63, 3.8) is 0 Å². The van der Waals surface area contributed by atoms with Crippen molar-refractivity contribution in [2.45, 2.75) is 45.4 Å². The quantitative estimate of drug-likeness (QED) is 0.361. The molecule has 0 aromatic heterocycles. The van der Waals surface area contributed by atoms with Crippen LogP contribution in [0.1, 0.15) is 36.1 Å². The molecule has 1 saturated heterocycles. The van der Waals surface area contributed by atoms with Crippen molar-refractivity contribution in [1.82, 2.24) is 15.1 Å². The van der Waals surface area contributed by atoms with Crippen molar-refractivity contribution in [3.05, 3.63) is 101 Å². The first-order chi connectivity index (χ1) is 20.1. The molecular formula is C33H36N4O5. The van der Waals surface area contributed by atoms with E-state index in [0.29, 0.717) is 25.1 Å². The summed E-state index contributed by atoms with van der Waals surface area (Å²) in [5, 5.41) is 5.32. The van der Waals surface area contributed by atoms with Gasteiger partial charge < -0.3 is 19.9 Å². The van der Waals surface area contributed by atoms with Crippen molar-refractivity contribution < 1.29 is 23.9 Å². The molecule has 1 aliphatic carbocycles. The molecular weight excluding hydrogens is 532 g/mol. The van der Waals surface area contributed by atoms with Gasteiger partial charge in [0.15, 0.2) is 0 Å². The van der Waals surface area contributed by atoms with Crippen molar-refractivity contribution in [1.29, 1.82) is 0 Å². The minimum Gasteiger partial charge on any atom is -0.376 e. The lowest BCUT2D eigenvalue weighted by Crippen LogP contribution is -2.48. The van der Waals surface area contributed by atoms with Crippen molar-refractivity contribution in [3.8, 4) is 0 Å². The molecule has 3 aromatic rings. The van der Waals surface area contributed by atoms with E-state index < -0.39 is 17.0 Å². The van der Waals surface area contributed by atoms with E-state index in [9.17, 15) is 19.2 Å². The number of hydrogen-bond donors (Lipinski definition) is 2. The topological polar surface area (TPSA) is 108 Å². The van der Waals surface area contributed by atoms with E-state index in [1.165, 1.54) is 4.90 Å². The van der Waals surface area contributed by atoms with Crippen LogP contribution in [-0.2, 0) is 45.1 Å². The van der Waals surface area contributed by atoms with Crippen LogP contribution in [0.2, 0.25) is 0 Å². The molecule has 0 radical (unpaired) electrons. The van der Waals surface area contributed by atoms with Gasteiger partial charge in [-0.05, 0) is 48.2 Å². The number of hydrogen-bond acceptors (Lipinski definition) is 5. The zero-order chi connectivity index (χ0) is 29.9. The molecule has 2 aliphatic rings. The molecule has 9 heteroatoms. The molecule has 1 aliphatic heterocycles. The van der Waals surface area contributed by atoms with E-state index in [1.807, 2.05) is 86.6 Å². The number of anilines is 1. The van der Waals surface area contributed by atoms with Crippen LogP contribution in [-0.4, -0.2) is 59.3 Å². The summed E-state index contributed by atoms with van der Waals surface area (Å²) in [7, 11) is 1.63. The lowest BCUT2D eigenvalue weighted by molar-refractivity contribution is -0.146. The number of fused-ring (bicyclic) bond motifs is 1. The van der Waals surface area contributed by atoms with Crippen molar-refractivity contribution in [2.75, 3.05) is 25.5 Å². The summed E-state index contributed by atoms with van der Waals surface area (Å²) < 4.78 is 5.91. The molecule has 3 aromatic carbocycles. The van der Waals surface area contributed by atoms with Crippen molar-refractivity contribution in [2.24, 2.45) is 5.41 Å². The molecule has 218 valence electrons. The molecule has 2 N–H and O–H groups in total. The Balaban J connectivity index is 1.26. The number of ether oxygens (including phenoxy) is 1. The number of urea groups is 1. The second-order valence-electron chi connectivity index (χ2n) is 11.7. The smallest absolute Gasteiger partial charge is 0.324 e. The monoisotopic (exact) mass is 568 g/mol. The average molecular weight is 569 g/mol. The average Bonchev–Trinajstić information content (AvgIpc) is 3.45. The Hall–Kier alpha value is -4.50. The number of imide groups is 1. The predicted molar refractivity (Wildman–Crippen MR) is 158 cm³/mol. The zero-order valence-corrected chi connectivity index (χ0v) is 24.2. The maximum absolute atomic E-state index is 13.8. The standard InChI is InChI=1S/C33H36N4O5/c1-32(2,22-42-21-24-12-8-5-9-13-24)30(40)37(19-23-10-6-4-7-11-23)20-28(38)34-27-15-14-25-17-33(18-26(25)16-27)29(39)35-31(41)36(33)3/h4-16H,17-22H2,1-3H3,(H,34,38)(H,35,39,41)/t33-/m0/s1. The second-order valence-corrected chi connectivity index (χ2v) is 11.7. The largest absolute Gasteiger partial charge is 0.376 e. The summed E-state index contributed by atoms with van der Waals surface area (Å²) in [6.45, 7) is 4.38. The number of rotatable bonds is 10. The van der Waals surface area contributed by atoms with Gasteiger partial charge in [-0.25, -0.2) is 4.79 Å². The molecule has 0 saturated carbocycles. The number of amides is 5. The van der Waals surface area contributed by atoms with Gasteiger partial charge in [0.25, 0.3) is 5.91 Å². The molecule has 5 rings (SSSR count). The predicted octanol–water partition coefficient (Wildman–Crippen LogP) is 3.92. The summed E-state index contributed by atoms with van der Waals surface area (Å²) in [5.74, 6) is -0.827. The van der Waals surface area contributed by atoms with Crippen molar-refractivity contribution >= 4 is 29.4 Å². The van der Waals surface area contributed by atoms with Crippen LogP contribution in [0.25, 0.3) is 0 Å². The van der Waals surface area contributed by atoms with Gasteiger partial charge in [0.05, 0.1) is 18.6 Å². The van der Waals surface area contributed by atoms with Crippen LogP contribution in [0.3, 0.4) is 0 Å². The first-order valence-corrected chi connectivity index (χ1v) is 14.0. The first-order valence-electron chi connectivity index (χ1n) is 14.0. The molecule has 1 fully saturated rings. The molecule has 1 heterocycles. The van der Waals surface area contributed by atoms with E-state index in [1.54, 1.807) is 18.0 Å². The number of nitrogens with zero attached hydrogens (tertiary/aromatic N) is 2. The normalized spacial score (nSPS) is 17.7. The molecule has 1 atom stereocenters. The maximum Gasteiger partial charge on any atom is 0.324 e. The number of carbonyl (C=O) groups excluding carboxylic acids is 4. The van der Waals surface area contributed by atoms with E-state index in [2.05, 4.69) is 10.6 Å². The van der Waals surface area contributed by atoms with Gasteiger partial charge in [-0.2, -0.15) is 0 Å². The highest BCUT2D eigenvalue weighted by Gasteiger charge is 2.54. The molecule has 1 spiro atoms. The fraction of sp³-hybridized carbons (Fsp3) is 0.333. The molecule has 0 unspecified atom stereocenters. The van der Waals surface area contributed by atoms with Crippen LogP contribution in [0.5, 0.6) is 0 Å².